The average molecular weight is 357 g/mol. The van der Waals surface area contributed by atoms with Gasteiger partial charge in [-0.15, -0.1) is 0 Å². The quantitative estimate of drug-likeness (QED) is 0.502. The summed E-state index contributed by atoms with van der Waals surface area (Å²) in [6, 6.07) is 10.0. The summed E-state index contributed by atoms with van der Waals surface area (Å²) in [7, 11) is 1.34. The zero-order valence-electron chi connectivity index (χ0n) is 14.3. The van der Waals surface area contributed by atoms with Gasteiger partial charge in [-0.3, -0.25) is 15.1 Å². The minimum Gasteiger partial charge on any atom is -0.504 e. The molecule has 8 heteroatoms. The van der Waals surface area contributed by atoms with Crippen molar-refractivity contribution in [1.29, 1.82) is 0 Å². The first-order valence-electron chi connectivity index (χ1n) is 8.11. The summed E-state index contributed by atoms with van der Waals surface area (Å²) in [5.74, 6) is -0.159. The van der Waals surface area contributed by atoms with E-state index in [1.54, 1.807) is 0 Å². The largest absolute Gasteiger partial charge is 0.504 e. The van der Waals surface area contributed by atoms with E-state index in [1.807, 2.05) is 24.3 Å². The second kappa shape index (κ2) is 7.83. The van der Waals surface area contributed by atoms with Gasteiger partial charge in [0.05, 0.1) is 42.7 Å². The number of ether oxygens (including phenoxy) is 2. The van der Waals surface area contributed by atoms with Crippen LogP contribution in [0.2, 0.25) is 0 Å². The van der Waals surface area contributed by atoms with Crippen molar-refractivity contribution in [2.75, 3.05) is 38.3 Å². The Hall–Kier alpha value is -3.13. The van der Waals surface area contributed by atoms with Crippen molar-refractivity contribution in [3.63, 3.8) is 0 Å². The summed E-state index contributed by atoms with van der Waals surface area (Å²) in [4.78, 5) is 17.1. The lowest BCUT2D eigenvalue weighted by molar-refractivity contribution is -0.385. The third kappa shape index (κ3) is 3.75. The predicted molar refractivity (Wildman–Crippen MR) is 98.0 cm³/mol. The topological polar surface area (TPSA) is 97.4 Å². The van der Waals surface area contributed by atoms with Crippen LogP contribution in [-0.4, -0.2) is 49.7 Å². The summed E-state index contributed by atoms with van der Waals surface area (Å²) < 4.78 is 10.4. The second-order valence-corrected chi connectivity index (χ2v) is 5.69. The molecule has 0 bridgehead atoms. The van der Waals surface area contributed by atoms with Crippen LogP contribution in [-0.2, 0) is 4.74 Å². The third-order valence-electron chi connectivity index (χ3n) is 4.10. The zero-order valence-corrected chi connectivity index (χ0v) is 14.3. The summed E-state index contributed by atoms with van der Waals surface area (Å²) in [6.07, 6.45) is 1.41. The maximum absolute atomic E-state index is 11.1. The number of nitrogens with zero attached hydrogens (tertiary/aromatic N) is 3. The number of nitro groups is 1. The van der Waals surface area contributed by atoms with Gasteiger partial charge in [-0.05, 0) is 12.1 Å². The van der Waals surface area contributed by atoms with Crippen LogP contribution in [0.3, 0.4) is 0 Å². The molecule has 136 valence electrons. The van der Waals surface area contributed by atoms with Gasteiger partial charge >= 0.3 is 0 Å². The van der Waals surface area contributed by atoms with Crippen LogP contribution in [0.1, 0.15) is 5.56 Å². The van der Waals surface area contributed by atoms with E-state index in [4.69, 9.17) is 9.47 Å². The Balaban J connectivity index is 1.95. The zero-order chi connectivity index (χ0) is 18.5. The lowest BCUT2D eigenvalue weighted by Crippen LogP contribution is -2.36. The highest BCUT2D eigenvalue weighted by Gasteiger charge is 2.17. The molecule has 2 aromatic rings. The number of anilines is 1. The van der Waals surface area contributed by atoms with Gasteiger partial charge < -0.3 is 19.5 Å². The molecule has 1 N–H and O–H groups in total. The Morgan fingerprint density at radius 3 is 2.73 bits per heavy atom. The fourth-order valence-corrected chi connectivity index (χ4v) is 2.76. The lowest BCUT2D eigenvalue weighted by atomic mass is 10.1. The number of hydrogen-bond acceptors (Lipinski definition) is 7. The number of phenols is 1. The molecule has 0 radical (unpaired) electrons. The number of morpholine rings is 1. The van der Waals surface area contributed by atoms with Crippen molar-refractivity contribution < 1.29 is 19.5 Å². The fourth-order valence-electron chi connectivity index (χ4n) is 2.76. The summed E-state index contributed by atoms with van der Waals surface area (Å²) in [5, 5.41) is 21.3. The van der Waals surface area contributed by atoms with Crippen LogP contribution in [0.25, 0.3) is 0 Å². The van der Waals surface area contributed by atoms with Gasteiger partial charge in [-0.1, -0.05) is 12.1 Å². The van der Waals surface area contributed by atoms with Gasteiger partial charge in [0, 0.05) is 30.9 Å². The van der Waals surface area contributed by atoms with E-state index in [2.05, 4.69) is 9.89 Å². The Morgan fingerprint density at radius 1 is 1.31 bits per heavy atom. The molecule has 0 amide bonds. The van der Waals surface area contributed by atoms with E-state index in [9.17, 15) is 15.2 Å². The molecule has 0 aromatic heterocycles. The van der Waals surface area contributed by atoms with Crippen LogP contribution in [0.15, 0.2) is 41.4 Å². The number of aliphatic imine (C=N–C) groups is 1. The van der Waals surface area contributed by atoms with Crippen LogP contribution in [0.5, 0.6) is 11.5 Å². The van der Waals surface area contributed by atoms with Crippen molar-refractivity contribution in [2.24, 2.45) is 4.99 Å². The SMILES string of the molecule is COc1cc([N+](=O)[O-])cc(C=Nc2ccccc2N2CCOCC2)c1O. The number of para-hydroxylation sites is 2. The van der Waals surface area contributed by atoms with Crippen LogP contribution in [0.4, 0.5) is 17.1 Å². The number of phenolic OH excluding ortho intramolecular Hbond substituents is 1. The molecule has 1 heterocycles. The number of nitro benzene ring substituents is 1. The van der Waals surface area contributed by atoms with Crippen LogP contribution in [0, 0.1) is 10.1 Å². The molecular formula is C18H19N3O5. The molecular weight excluding hydrogens is 338 g/mol. The van der Waals surface area contributed by atoms with E-state index in [0.717, 1.165) is 18.8 Å². The first kappa shape index (κ1) is 17.7. The Bertz CT molecular complexity index is 832. The number of methoxy groups -OCH3 is 1. The second-order valence-electron chi connectivity index (χ2n) is 5.69. The lowest BCUT2D eigenvalue weighted by Gasteiger charge is -2.29. The number of aromatic hydroxyl groups is 1. The number of non-ortho nitro benzene ring substituents is 1. The molecule has 0 unspecified atom stereocenters. The highest BCUT2D eigenvalue weighted by molar-refractivity contribution is 5.89. The highest BCUT2D eigenvalue weighted by atomic mass is 16.6. The van der Waals surface area contributed by atoms with Crippen molar-refractivity contribution in [3.8, 4) is 11.5 Å². The molecule has 2 aromatic carbocycles. The van der Waals surface area contributed by atoms with E-state index < -0.39 is 4.92 Å². The molecule has 1 aliphatic rings. The first-order chi connectivity index (χ1) is 12.6. The predicted octanol–water partition coefficient (Wildman–Crippen LogP) is 2.90. The molecule has 1 saturated heterocycles. The number of benzene rings is 2. The smallest absolute Gasteiger partial charge is 0.274 e. The van der Waals surface area contributed by atoms with Crippen LogP contribution < -0.4 is 9.64 Å². The fraction of sp³-hybridized carbons (Fsp3) is 0.278. The molecule has 3 rings (SSSR count). The van der Waals surface area contributed by atoms with Gasteiger partial charge in [0.1, 0.15) is 0 Å². The van der Waals surface area contributed by atoms with Gasteiger partial charge in [0.2, 0.25) is 0 Å². The molecule has 1 aliphatic heterocycles. The first-order valence-corrected chi connectivity index (χ1v) is 8.11. The maximum atomic E-state index is 11.1. The Kier molecular flexibility index (Phi) is 5.33. The van der Waals surface area contributed by atoms with E-state index in [-0.39, 0.29) is 22.7 Å². The van der Waals surface area contributed by atoms with Gasteiger partial charge in [-0.2, -0.15) is 0 Å². The number of rotatable bonds is 5. The Labute approximate surface area is 150 Å². The monoisotopic (exact) mass is 357 g/mol. The normalized spacial score (nSPS) is 14.6. The molecule has 8 nitrogen and oxygen atoms in total. The van der Waals surface area contributed by atoms with Gasteiger partial charge in [-0.25, -0.2) is 0 Å². The summed E-state index contributed by atoms with van der Waals surface area (Å²) in [5.41, 5.74) is 1.69. The minimum absolute atomic E-state index is 0.0297. The van der Waals surface area contributed by atoms with E-state index in [0.29, 0.717) is 18.9 Å². The van der Waals surface area contributed by atoms with Crippen LogP contribution >= 0.6 is 0 Å². The molecule has 0 saturated carbocycles. The van der Waals surface area contributed by atoms with Crippen molar-refractivity contribution in [2.45, 2.75) is 0 Å². The van der Waals surface area contributed by atoms with Gasteiger partial charge in [0.25, 0.3) is 5.69 Å². The molecule has 26 heavy (non-hydrogen) atoms. The molecule has 0 aliphatic carbocycles. The van der Waals surface area contributed by atoms with E-state index in [1.165, 1.54) is 25.5 Å². The van der Waals surface area contributed by atoms with Gasteiger partial charge in [0.15, 0.2) is 11.5 Å². The highest BCUT2D eigenvalue weighted by Crippen LogP contribution is 2.34. The average Bonchev–Trinajstić information content (AvgIpc) is 2.68. The number of hydrogen-bond donors (Lipinski definition) is 1. The van der Waals surface area contributed by atoms with E-state index >= 15 is 0 Å². The summed E-state index contributed by atoms with van der Waals surface area (Å²) >= 11 is 0. The maximum Gasteiger partial charge on any atom is 0.274 e. The minimum atomic E-state index is -0.541. The van der Waals surface area contributed by atoms with Crippen molar-refractivity contribution in [3.05, 3.63) is 52.1 Å². The standard InChI is InChI=1S/C18H19N3O5/c1-25-17-11-14(21(23)24)10-13(18(17)22)12-19-15-4-2-3-5-16(15)20-6-8-26-9-7-20/h2-5,10-12,22H,6-9H2,1H3. The Morgan fingerprint density at radius 2 is 2.04 bits per heavy atom. The summed E-state index contributed by atoms with van der Waals surface area (Å²) in [6.45, 7) is 2.84. The molecule has 0 atom stereocenters. The van der Waals surface area contributed by atoms with Crippen molar-refractivity contribution >= 4 is 23.3 Å². The third-order valence-corrected chi connectivity index (χ3v) is 4.10. The molecule has 1 fully saturated rings. The van der Waals surface area contributed by atoms with Crippen molar-refractivity contribution in [1.82, 2.24) is 0 Å². The molecule has 0 spiro atoms.